The Balaban J connectivity index is 1.84. The van der Waals surface area contributed by atoms with Gasteiger partial charge in [-0.2, -0.15) is 8.78 Å². The molecule has 2 rings (SSSR count). The van der Waals surface area contributed by atoms with Gasteiger partial charge in [-0.25, -0.2) is 0 Å². The topological polar surface area (TPSA) is 67.4 Å². The number of benzene rings is 1. The molecule has 0 aliphatic carbocycles. The van der Waals surface area contributed by atoms with E-state index in [1.54, 1.807) is 29.6 Å². The maximum absolute atomic E-state index is 12.4. The summed E-state index contributed by atoms with van der Waals surface area (Å²) in [7, 11) is 0. The molecule has 0 spiro atoms. The molecule has 2 amide bonds. The van der Waals surface area contributed by atoms with Crippen molar-refractivity contribution < 1.29 is 23.1 Å². The molecule has 0 aliphatic rings. The lowest BCUT2D eigenvalue weighted by Crippen LogP contribution is -2.49. The summed E-state index contributed by atoms with van der Waals surface area (Å²) in [4.78, 5) is 25.2. The number of thiophene rings is 1. The van der Waals surface area contributed by atoms with Crippen LogP contribution in [0, 0.1) is 5.92 Å². The van der Waals surface area contributed by atoms with E-state index in [0.717, 1.165) is 5.56 Å². The molecule has 1 aromatic heterocycles. The fourth-order valence-electron chi connectivity index (χ4n) is 2.43. The lowest BCUT2D eigenvalue weighted by Gasteiger charge is -2.21. The molecule has 1 aromatic carbocycles. The van der Waals surface area contributed by atoms with Gasteiger partial charge in [0, 0.05) is 6.54 Å². The maximum atomic E-state index is 12.4. The summed E-state index contributed by atoms with van der Waals surface area (Å²) in [5.74, 6) is -0.505. The van der Waals surface area contributed by atoms with E-state index in [9.17, 15) is 18.4 Å². The fraction of sp³-hybridized carbons (Fsp3) is 0.368. The van der Waals surface area contributed by atoms with Gasteiger partial charge in [-0.05, 0) is 41.5 Å². The molecule has 2 N–H and O–H groups in total. The zero-order valence-electron chi connectivity index (χ0n) is 15.1. The number of halogens is 2. The number of carbonyl (C=O) groups is 2. The smallest absolute Gasteiger partial charge is 0.387 e. The zero-order chi connectivity index (χ0) is 19.8. The minimum Gasteiger partial charge on any atom is -0.435 e. The molecular formula is C19H22F2N2O3S. The van der Waals surface area contributed by atoms with Gasteiger partial charge in [0.1, 0.15) is 11.8 Å². The second-order valence-corrected chi connectivity index (χ2v) is 7.18. The molecule has 146 valence electrons. The molecule has 1 atom stereocenters. The van der Waals surface area contributed by atoms with Gasteiger partial charge in [0.25, 0.3) is 5.91 Å². The summed E-state index contributed by atoms with van der Waals surface area (Å²) in [5.41, 5.74) is 0.876. The third-order valence-corrected chi connectivity index (χ3v) is 4.71. The molecule has 2 aromatic rings. The SMILES string of the molecule is CC(C)C(NC(=O)c1cccs1)C(=O)NCCc1ccc(OC(F)F)cc1. The van der Waals surface area contributed by atoms with E-state index < -0.39 is 12.7 Å². The molecule has 0 fully saturated rings. The van der Waals surface area contributed by atoms with Crippen LogP contribution in [0.15, 0.2) is 41.8 Å². The Morgan fingerprint density at radius 2 is 1.85 bits per heavy atom. The molecule has 0 aliphatic heterocycles. The van der Waals surface area contributed by atoms with Crippen LogP contribution in [0.4, 0.5) is 8.78 Å². The summed E-state index contributed by atoms with van der Waals surface area (Å²) in [5, 5.41) is 7.38. The molecule has 27 heavy (non-hydrogen) atoms. The molecule has 1 unspecified atom stereocenters. The van der Waals surface area contributed by atoms with Crippen LogP contribution >= 0.6 is 11.3 Å². The third kappa shape index (κ3) is 6.63. The van der Waals surface area contributed by atoms with Crippen LogP contribution in [0.1, 0.15) is 29.1 Å². The van der Waals surface area contributed by atoms with Gasteiger partial charge in [-0.1, -0.05) is 32.0 Å². The second-order valence-electron chi connectivity index (χ2n) is 6.24. The van der Waals surface area contributed by atoms with Crippen molar-refractivity contribution in [3.8, 4) is 5.75 Å². The lowest BCUT2D eigenvalue weighted by atomic mass is 10.0. The molecule has 8 heteroatoms. The van der Waals surface area contributed by atoms with Crippen molar-refractivity contribution in [3.63, 3.8) is 0 Å². The van der Waals surface area contributed by atoms with E-state index in [4.69, 9.17) is 0 Å². The van der Waals surface area contributed by atoms with Gasteiger partial charge in [0.2, 0.25) is 5.91 Å². The van der Waals surface area contributed by atoms with Crippen molar-refractivity contribution in [3.05, 3.63) is 52.2 Å². The first-order valence-electron chi connectivity index (χ1n) is 8.52. The zero-order valence-corrected chi connectivity index (χ0v) is 15.9. The highest BCUT2D eigenvalue weighted by Crippen LogP contribution is 2.15. The highest BCUT2D eigenvalue weighted by molar-refractivity contribution is 7.12. The largest absolute Gasteiger partial charge is 0.435 e. The Labute approximate surface area is 160 Å². The van der Waals surface area contributed by atoms with Gasteiger partial charge in [-0.15, -0.1) is 11.3 Å². The van der Waals surface area contributed by atoms with Crippen LogP contribution in [0.5, 0.6) is 5.75 Å². The third-order valence-electron chi connectivity index (χ3n) is 3.84. The molecule has 0 bridgehead atoms. The van der Waals surface area contributed by atoms with Crippen LogP contribution in [0.25, 0.3) is 0 Å². The normalized spacial score (nSPS) is 12.1. The molecule has 0 radical (unpaired) electrons. The van der Waals surface area contributed by atoms with E-state index in [2.05, 4.69) is 15.4 Å². The number of carbonyl (C=O) groups excluding carboxylic acids is 2. The van der Waals surface area contributed by atoms with Crippen LogP contribution in [-0.4, -0.2) is 31.0 Å². The number of hydrogen-bond donors (Lipinski definition) is 2. The fourth-order valence-corrected chi connectivity index (χ4v) is 3.06. The van der Waals surface area contributed by atoms with Crippen molar-refractivity contribution in [2.45, 2.75) is 32.9 Å². The molecule has 1 heterocycles. The standard InChI is InChI=1S/C19H22F2N2O3S/c1-12(2)16(23-17(24)15-4-3-11-27-15)18(25)22-10-9-13-5-7-14(8-6-13)26-19(20)21/h3-8,11-12,16,19H,9-10H2,1-2H3,(H,22,25)(H,23,24). The van der Waals surface area contributed by atoms with Crippen LogP contribution in [-0.2, 0) is 11.2 Å². The summed E-state index contributed by atoms with van der Waals surface area (Å²) in [6.45, 7) is 1.24. The summed E-state index contributed by atoms with van der Waals surface area (Å²) >= 11 is 1.32. The van der Waals surface area contributed by atoms with Crippen molar-refractivity contribution in [2.24, 2.45) is 5.92 Å². The number of alkyl halides is 2. The van der Waals surface area contributed by atoms with Crippen molar-refractivity contribution in [2.75, 3.05) is 6.54 Å². The first-order valence-corrected chi connectivity index (χ1v) is 9.40. The molecule has 5 nitrogen and oxygen atoms in total. The lowest BCUT2D eigenvalue weighted by molar-refractivity contribution is -0.123. The number of hydrogen-bond acceptors (Lipinski definition) is 4. The molecule has 0 saturated heterocycles. The number of rotatable bonds is 9. The highest BCUT2D eigenvalue weighted by atomic mass is 32.1. The van der Waals surface area contributed by atoms with Crippen molar-refractivity contribution in [1.82, 2.24) is 10.6 Å². The van der Waals surface area contributed by atoms with Crippen molar-refractivity contribution >= 4 is 23.2 Å². The van der Waals surface area contributed by atoms with Gasteiger partial charge in [0.05, 0.1) is 4.88 Å². The van der Waals surface area contributed by atoms with Gasteiger partial charge in [-0.3, -0.25) is 9.59 Å². The average Bonchev–Trinajstić information content (AvgIpc) is 3.15. The summed E-state index contributed by atoms with van der Waals surface area (Å²) in [6, 6.07) is 9.10. The minimum absolute atomic E-state index is 0.0697. The Kier molecular flexibility index (Phi) is 7.72. The van der Waals surface area contributed by atoms with E-state index >= 15 is 0 Å². The first-order chi connectivity index (χ1) is 12.9. The minimum atomic E-state index is -2.85. The Hall–Kier alpha value is -2.48. The van der Waals surface area contributed by atoms with Gasteiger partial charge in [0.15, 0.2) is 0 Å². The maximum Gasteiger partial charge on any atom is 0.387 e. The first kappa shape index (κ1) is 20.8. The van der Waals surface area contributed by atoms with E-state index in [-0.39, 0.29) is 23.5 Å². The number of amides is 2. The van der Waals surface area contributed by atoms with E-state index in [1.165, 1.54) is 23.5 Å². The van der Waals surface area contributed by atoms with Crippen LogP contribution < -0.4 is 15.4 Å². The van der Waals surface area contributed by atoms with Crippen molar-refractivity contribution in [1.29, 1.82) is 0 Å². The Morgan fingerprint density at radius 3 is 2.41 bits per heavy atom. The van der Waals surface area contributed by atoms with Gasteiger partial charge >= 0.3 is 6.61 Å². The quantitative estimate of drug-likeness (QED) is 0.682. The van der Waals surface area contributed by atoms with E-state index in [1.807, 2.05) is 13.8 Å². The predicted octanol–water partition coefficient (Wildman–Crippen LogP) is 3.46. The highest BCUT2D eigenvalue weighted by Gasteiger charge is 2.24. The average molecular weight is 396 g/mol. The number of nitrogens with one attached hydrogen (secondary N) is 2. The molecule has 0 saturated carbocycles. The van der Waals surface area contributed by atoms with Gasteiger partial charge < -0.3 is 15.4 Å². The predicted molar refractivity (Wildman–Crippen MR) is 100 cm³/mol. The number of ether oxygens (including phenoxy) is 1. The Bertz CT molecular complexity index is 734. The second kappa shape index (κ2) is 10.0. The van der Waals surface area contributed by atoms with Crippen LogP contribution in [0.3, 0.4) is 0 Å². The monoisotopic (exact) mass is 396 g/mol. The van der Waals surface area contributed by atoms with Crippen LogP contribution in [0.2, 0.25) is 0 Å². The Morgan fingerprint density at radius 1 is 1.15 bits per heavy atom. The van der Waals surface area contributed by atoms with E-state index in [0.29, 0.717) is 17.8 Å². The summed E-state index contributed by atoms with van der Waals surface area (Å²) < 4.78 is 28.6. The molecular weight excluding hydrogens is 374 g/mol. The summed E-state index contributed by atoms with van der Waals surface area (Å²) in [6.07, 6.45) is 0.532.